The zero-order valence-corrected chi connectivity index (χ0v) is 9.82. The third kappa shape index (κ3) is 2.04. The van der Waals surface area contributed by atoms with Crippen LogP contribution in [0.1, 0.15) is 18.1 Å². The molecule has 0 amide bonds. The molecular formula is C14H11F3O2. The first-order valence-electron chi connectivity index (χ1n) is 5.90. The van der Waals surface area contributed by atoms with Crippen LogP contribution >= 0.6 is 0 Å². The quantitative estimate of drug-likeness (QED) is 0.791. The average Bonchev–Trinajstić information content (AvgIpc) is 2.37. The van der Waals surface area contributed by atoms with Gasteiger partial charge in [-0.1, -0.05) is 36.4 Å². The molecule has 0 saturated heterocycles. The van der Waals surface area contributed by atoms with Crippen molar-refractivity contribution in [1.82, 2.24) is 0 Å². The molecule has 2 unspecified atom stereocenters. The molecule has 100 valence electrons. The van der Waals surface area contributed by atoms with Crippen LogP contribution in [0, 0.1) is 0 Å². The van der Waals surface area contributed by atoms with Crippen molar-refractivity contribution in [2.45, 2.75) is 24.8 Å². The van der Waals surface area contributed by atoms with E-state index in [4.69, 9.17) is 4.74 Å². The van der Waals surface area contributed by atoms with Gasteiger partial charge >= 0.3 is 6.18 Å². The van der Waals surface area contributed by atoms with Gasteiger partial charge in [-0.3, -0.25) is 0 Å². The summed E-state index contributed by atoms with van der Waals surface area (Å²) < 4.78 is 43.4. The van der Waals surface area contributed by atoms with Gasteiger partial charge < -0.3 is 9.84 Å². The number of fused-ring (bicyclic) bond motifs is 3. The number of aliphatic hydroxyl groups is 1. The van der Waals surface area contributed by atoms with Gasteiger partial charge in [0.25, 0.3) is 0 Å². The van der Waals surface area contributed by atoms with Crippen molar-refractivity contribution in [2.24, 2.45) is 0 Å². The molecule has 5 heteroatoms. The molecule has 0 radical (unpaired) electrons. The Morgan fingerprint density at radius 3 is 2.58 bits per heavy atom. The molecule has 1 aliphatic heterocycles. The van der Waals surface area contributed by atoms with E-state index in [2.05, 4.69) is 0 Å². The second kappa shape index (κ2) is 4.13. The Morgan fingerprint density at radius 1 is 1.11 bits per heavy atom. The first-order valence-corrected chi connectivity index (χ1v) is 5.90. The number of rotatable bonds is 0. The van der Waals surface area contributed by atoms with Crippen molar-refractivity contribution in [3.05, 3.63) is 42.0 Å². The molecule has 2 atom stereocenters. The predicted octanol–water partition coefficient (Wildman–Crippen LogP) is 3.59. The van der Waals surface area contributed by atoms with Crippen LogP contribution in [0.2, 0.25) is 0 Å². The van der Waals surface area contributed by atoms with E-state index >= 15 is 0 Å². The third-order valence-corrected chi connectivity index (χ3v) is 3.33. The van der Waals surface area contributed by atoms with Crippen molar-refractivity contribution in [3.63, 3.8) is 0 Å². The fourth-order valence-electron chi connectivity index (χ4n) is 2.37. The lowest BCUT2D eigenvalue weighted by molar-refractivity contribution is -0.206. The Kier molecular flexibility index (Phi) is 2.67. The highest BCUT2D eigenvalue weighted by atomic mass is 19.4. The van der Waals surface area contributed by atoms with Gasteiger partial charge in [0.15, 0.2) is 6.10 Å². The van der Waals surface area contributed by atoms with Crippen LogP contribution in [-0.2, 0) is 0 Å². The maximum absolute atomic E-state index is 12.8. The van der Waals surface area contributed by atoms with Crippen LogP contribution in [0.3, 0.4) is 0 Å². The van der Waals surface area contributed by atoms with Crippen LogP contribution < -0.4 is 4.74 Å². The van der Waals surface area contributed by atoms with Crippen molar-refractivity contribution in [2.75, 3.05) is 0 Å². The number of halogens is 3. The zero-order valence-electron chi connectivity index (χ0n) is 9.82. The summed E-state index contributed by atoms with van der Waals surface area (Å²) in [5.74, 6) is 0.138. The molecule has 1 N–H and O–H groups in total. The number of hydrogen-bond donors (Lipinski definition) is 1. The molecule has 1 heterocycles. The minimum absolute atomic E-state index is 0.138. The summed E-state index contributed by atoms with van der Waals surface area (Å²) in [5.41, 5.74) is 0.416. The van der Waals surface area contributed by atoms with Gasteiger partial charge in [0.2, 0.25) is 0 Å². The number of benzene rings is 2. The van der Waals surface area contributed by atoms with E-state index in [1.807, 2.05) is 0 Å². The van der Waals surface area contributed by atoms with Gasteiger partial charge in [-0.25, -0.2) is 0 Å². The average molecular weight is 268 g/mol. The minimum Gasteiger partial charge on any atom is -0.480 e. The normalized spacial score (nSPS) is 22.9. The van der Waals surface area contributed by atoms with Gasteiger partial charge in [-0.15, -0.1) is 0 Å². The minimum atomic E-state index is -4.48. The lowest BCUT2D eigenvalue weighted by atomic mass is 9.95. The topological polar surface area (TPSA) is 29.5 Å². The van der Waals surface area contributed by atoms with Crippen LogP contribution in [0.15, 0.2) is 36.4 Å². The van der Waals surface area contributed by atoms with E-state index in [1.54, 1.807) is 36.4 Å². The zero-order chi connectivity index (χ0) is 13.6. The van der Waals surface area contributed by atoms with E-state index in [0.717, 1.165) is 5.39 Å². The summed E-state index contributed by atoms with van der Waals surface area (Å²) in [6.45, 7) is 0. The van der Waals surface area contributed by atoms with Crippen molar-refractivity contribution in [3.8, 4) is 5.75 Å². The number of aliphatic hydroxyl groups excluding tert-OH is 1. The molecular weight excluding hydrogens is 257 g/mol. The molecule has 0 fully saturated rings. The molecule has 0 spiro atoms. The fraction of sp³-hybridized carbons (Fsp3) is 0.286. The maximum atomic E-state index is 12.8. The Balaban J connectivity index is 2.16. The molecule has 2 nitrogen and oxygen atoms in total. The molecule has 0 bridgehead atoms. The van der Waals surface area contributed by atoms with Crippen molar-refractivity contribution >= 4 is 10.8 Å². The van der Waals surface area contributed by atoms with Gasteiger partial charge in [0, 0.05) is 17.4 Å². The molecule has 2 aromatic rings. The first kappa shape index (κ1) is 12.3. The Labute approximate surface area is 107 Å². The standard InChI is InChI=1S/C14H11F3O2/c15-14(16,17)12-7-11(18)10-6-5-8-3-1-2-4-9(8)13(10)19-12/h1-6,11-12,18H,7H2. The van der Waals surface area contributed by atoms with Crippen LogP contribution in [0.25, 0.3) is 10.8 Å². The summed E-state index contributed by atoms with van der Waals surface area (Å²) in [5, 5.41) is 11.3. The Morgan fingerprint density at radius 2 is 1.84 bits per heavy atom. The molecule has 0 saturated carbocycles. The fourth-order valence-corrected chi connectivity index (χ4v) is 2.37. The second-order valence-electron chi connectivity index (χ2n) is 4.60. The van der Waals surface area contributed by atoms with E-state index in [-0.39, 0.29) is 5.75 Å². The molecule has 3 rings (SSSR count). The molecule has 19 heavy (non-hydrogen) atoms. The molecule has 0 aliphatic carbocycles. The van der Waals surface area contributed by atoms with E-state index < -0.39 is 24.8 Å². The summed E-state index contributed by atoms with van der Waals surface area (Å²) in [6.07, 6.45) is -8.05. The van der Waals surface area contributed by atoms with Crippen molar-refractivity contribution in [1.29, 1.82) is 0 Å². The predicted molar refractivity (Wildman–Crippen MR) is 64.0 cm³/mol. The highest BCUT2D eigenvalue weighted by Gasteiger charge is 2.46. The van der Waals surface area contributed by atoms with E-state index in [0.29, 0.717) is 10.9 Å². The summed E-state index contributed by atoms with van der Waals surface area (Å²) in [4.78, 5) is 0. The van der Waals surface area contributed by atoms with Gasteiger partial charge in [-0.2, -0.15) is 13.2 Å². The maximum Gasteiger partial charge on any atom is 0.425 e. The van der Waals surface area contributed by atoms with Gasteiger partial charge in [0.05, 0.1) is 6.10 Å². The smallest absolute Gasteiger partial charge is 0.425 e. The number of hydrogen-bond acceptors (Lipinski definition) is 2. The molecule has 0 aromatic heterocycles. The highest BCUT2D eigenvalue weighted by Crippen LogP contribution is 2.43. The highest BCUT2D eigenvalue weighted by molar-refractivity contribution is 5.89. The molecule has 1 aliphatic rings. The van der Waals surface area contributed by atoms with Crippen LogP contribution in [-0.4, -0.2) is 17.4 Å². The lowest BCUT2D eigenvalue weighted by Gasteiger charge is -2.31. The first-order chi connectivity index (χ1) is 8.97. The number of ether oxygens (including phenoxy) is 1. The van der Waals surface area contributed by atoms with E-state index in [1.165, 1.54) is 0 Å². The Bertz CT molecular complexity index is 622. The summed E-state index contributed by atoms with van der Waals surface area (Å²) in [7, 11) is 0. The van der Waals surface area contributed by atoms with Gasteiger partial charge in [-0.05, 0) is 5.39 Å². The molecule has 2 aromatic carbocycles. The largest absolute Gasteiger partial charge is 0.480 e. The van der Waals surface area contributed by atoms with Crippen LogP contribution in [0.4, 0.5) is 13.2 Å². The summed E-state index contributed by atoms with van der Waals surface area (Å²) >= 11 is 0. The second-order valence-corrected chi connectivity index (χ2v) is 4.60. The van der Waals surface area contributed by atoms with Gasteiger partial charge in [0.1, 0.15) is 5.75 Å². The number of alkyl halides is 3. The lowest BCUT2D eigenvalue weighted by Crippen LogP contribution is -2.38. The van der Waals surface area contributed by atoms with Crippen LogP contribution in [0.5, 0.6) is 5.75 Å². The van der Waals surface area contributed by atoms with Crippen molar-refractivity contribution < 1.29 is 23.0 Å². The summed E-state index contributed by atoms with van der Waals surface area (Å²) in [6, 6.07) is 10.4. The SMILES string of the molecule is OC1CC(C(F)(F)F)Oc2c1ccc1ccccc21. The third-order valence-electron chi connectivity index (χ3n) is 3.33. The van der Waals surface area contributed by atoms with E-state index in [9.17, 15) is 18.3 Å². The monoisotopic (exact) mass is 268 g/mol. The Hall–Kier alpha value is -1.75.